The second-order valence-electron chi connectivity index (χ2n) is 7.85. The molecule has 1 saturated heterocycles. The lowest BCUT2D eigenvalue weighted by Gasteiger charge is -2.29. The SMILES string of the molecule is [c]1ccc(-n2c(-c3ccnnc3)nc3ccc(-c4cccc(N5CCOCC5)c4)nc32)cc1. The summed E-state index contributed by atoms with van der Waals surface area (Å²) in [5.74, 6) is 0.776. The fraction of sp³-hybridized carbons (Fsp3) is 0.154. The third kappa shape index (κ3) is 3.72. The van der Waals surface area contributed by atoms with Crippen LogP contribution in [-0.4, -0.2) is 51.0 Å². The van der Waals surface area contributed by atoms with Crippen molar-refractivity contribution in [3.05, 3.63) is 85.2 Å². The summed E-state index contributed by atoms with van der Waals surface area (Å²) < 4.78 is 7.57. The van der Waals surface area contributed by atoms with Crippen LogP contribution in [-0.2, 0) is 4.74 Å². The van der Waals surface area contributed by atoms with E-state index in [1.165, 1.54) is 5.69 Å². The molecule has 3 aromatic heterocycles. The van der Waals surface area contributed by atoms with E-state index in [1.807, 2.05) is 42.5 Å². The van der Waals surface area contributed by atoms with Crippen molar-refractivity contribution in [3.8, 4) is 28.3 Å². The van der Waals surface area contributed by atoms with E-state index in [9.17, 15) is 0 Å². The lowest BCUT2D eigenvalue weighted by atomic mass is 10.1. The number of hydrogen-bond acceptors (Lipinski definition) is 6. The van der Waals surface area contributed by atoms with Crippen LogP contribution in [0.4, 0.5) is 5.69 Å². The van der Waals surface area contributed by atoms with Crippen molar-refractivity contribution in [1.82, 2.24) is 24.7 Å². The first-order valence-electron chi connectivity index (χ1n) is 10.9. The van der Waals surface area contributed by atoms with Crippen LogP contribution in [0.2, 0.25) is 0 Å². The van der Waals surface area contributed by atoms with E-state index in [2.05, 4.69) is 50.0 Å². The first kappa shape index (κ1) is 19.6. The van der Waals surface area contributed by atoms with Crippen molar-refractivity contribution in [2.24, 2.45) is 0 Å². The second kappa shape index (κ2) is 8.44. The number of hydrogen-bond donors (Lipinski definition) is 0. The number of aromatic nitrogens is 5. The maximum atomic E-state index is 5.50. The molecule has 7 nitrogen and oxygen atoms in total. The highest BCUT2D eigenvalue weighted by molar-refractivity contribution is 5.82. The fourth-order valence-corrected chi connectivity index (χ4v) is 4.19. The van der Waals surface area contributed by atoms with E-state index in [1.54, 1.807) is 12.4 Å². The molecule has 1 aliphatic heterocycles. The highest BCUT2D eigenvalue weighted by atomic mass is 16.5. The second-order valence-corrected chi connectivity index (χ2v) is 7.85. The third-order valence-corrected chi connectivity index (χ3v) is 5.82. The maximum Gasteiger partial charge on any atom is 0.165 e. The van der Waals surface area contributed by atoms with Gasteiger partial charge in [0, 0.05) is 35.6 Å². The van der Waals surface area contributed by atoms with E-state index in [0.717, 1.165) is 65.8 Å². The zero-order valence-electron chi connectivity index (χ0n) is 17.9. The summed E-state index contributed by atoms with van der Waals surface area (Å²) in [6.45, 7) is 3.32. The number of pyridine rings is 1. The molecule has 33 heavy (non-hydrogen) atoms. The molecule has 0 atom stereocenters. The summed E-state index contributed by atoms with van der Waals surface area (Å²) >= 11 is 0. The van der Waals surface area contributed by atoms with Crippen molar-refractivity contribution < 1.29 is 4.74 Å². The smallest absolute Gasteiger partial charge is 0.165 e. The van der Waals surface area contributed by atoms with Gasteiger partial charge >= 0.3 is 0 Å². The number of nitrogens with zero attached hydrogens (tertiary/aromatic N) is 6. The van der Waals surface area contributed by atoms with Gasteiger partial charge in [0.2, 0.25) is 0 Å². The first-order chi connectivity index (χ1) is 16.4. The molecule has 1 fully saturated rings. The lowest BCUT2D eigenvalue weighted by molar-refractivity contribution is 0.122. The molecule has 7 heteroatoms. The van der Waals surface area contributed by atoms with E-state index >= 15 is 0 Å². The normalized spacial score (nSPS) is 14.0. The minimum absolute atomic E-state index is 0.759. The summed E-state index contributed by atoms with van der Waals surface area (Å²) in [6.07, 6.45) is 3.40. The van der Waals surface area contributed by atoms with Crippen molar-refractivity contribution in [1.29, 1.82) is 0 Å². The van der Waals surface area contributed by atoms with Crippen molar-refractivity contribution in [3.63, 3.8) is 0 Å². The highest BCUT2D eigenvalue weighted by Crippen LogP contribution is 2.30. The Morgan fingerprint density at radius 2 is 1.70 bits per heavy atom. The average molecular weight is 433 g/mol. The van der Waals surface area contributed by atoms with Gasteiger partial charge in [-0.1, -0.05) is 24.3 Å². The molecule has 161 valence electrons. The molecule has 0 saturated carbocycles. The number of rotatable bonds is 4. The largest absolute Gasteiger partial charge is 0.378 e. The van der Waals surface area contributed by atoms with Gasteiger partial charge in [0.05, 0.1) is 31.3 Å². The minimum Gasteiger partial charge on any atom is -0.378 e. The Morgan fingerprint density at radius 1 is 0.818 bits per heavy atom. The van der Waals surface area contributed by atoms with Crippen molar-refractivity contribution in [2.75, 3.05) is 31.2 Å². The topological polar surface area (TPSA) is 69.0 Å². The molecule has 0 unspecified atom stereocenters. The van der Waals surface area contributed by atoms with Crippen molar-refractivity contribution in [2.45, 2.75) is 0 Å². The van der Waals surface area contributed by atoms with Crippen LogP contribution in [0.15, 0.2) is 79.1 Å². The van der Waals surface area contributed by atoms with Gasteiger partial charge in [-0.05, 0) is 48.5 Å². The van der Waals surface area contributed by atoms with Crippen LogP contribution in [0.3, 0.4) is 0 Å². The predicted molar refractivity (Wildman–Crippen MR) is 127 cm³/mol. The van der Waals surface area contributed by atoms with Gasteiger partial charge in [0.25, 0.3) is 0 Å². The van der Waals surface area contributed by atoms with Crippen LogP contribution in [0.5, 0.6) is 0 Å². The van der Waals surface area contributed by atoms with Crippen LogP contribution in [0, 0.1) is 6.07 Å². The van der Waals surface area contributed by atoms with Crippen LogP contribution < -0.4 is 4.90 Å². The van der Waals surface area contributed by atoms with Crippen LogP contribution in [0.1, 0.15) is 0 Å². The number of imidazole rings is 1. The van der Waals surface area contributed by atoms with Gasteiger partial charge in [-0.3, -0.25) is 4.57 Å². The molecular weight excluding hydrogens is 412 g/mol. The van der Waals surface area contributed by atoms with E-state index in [0.29, 0.717) is 0 Å². The molecule has 0 N–H and O–H groups in total. The molecule has 1 radical (unpaired) electrons. The number of fused-ring (bicyclic) bond motifs is 1. The summed E-state index contributed by atoms with van der Waals surface area (Å²) in [7, 11) is 0. The zero-order chi connectivity index (χ0) is 22.0. The minimum atomic E-state index is 0.759. The first-order valence-corrected chi connectivity index (χ1v) is 10.9. The molecule has 6 rings (SSSR count). The molecule has 5 aromatic rings. The van der Waals surface area contributed by atoms with Gasteiger partial charge in [0.15, 0.2) is 5.65 Å². The maximum absolute atomic E-state index is 5.50. The summed E-state index contributed by atoms with van der Waals surface area (Å²) in [5.41, 5.74) is 6.63. The Balaban J connectivity index is 1.50. The van der Waals surface area contributed by atoms with E-state index in [-0.39, 0.29) is 0 Å². The van der Waals surface area contributed by atoms with Gasteiger partial charge in [-0.25, -0.2) is 9.97 Å². The van der Waals surface area contributed by atoms with E-state index < -0.39 is 0 Å². The Kier molecular flexibility index (Phi) is 5.01. The average Bonchev–Trinajstić information content (AvgIpc) is 3.29. The standard InChI is InChI=1S/C26H21N6O/c1-2-6-21(7-3-1)32-25(20-11-12-27-28-18-20)30-24-10-9-23(29-26(24)32)19-5-4-8-22(17-19)31-13-15-33-16-14-31/h2-12,17-18H,13-16H2. The zero-order valence-corrected chi connectivity index (χ0v) is 17.9. The Bertz CT molecular complexity index is 1390. The monoisotopic (exact) mass is 433 g/mol. The molecule has 0 bridgehead atoms. The van der Waals surface area contributed by atoms with Crippen LogP contribution >= 0.6 is 0 Å². The summed E-state index contributed by atoms with van der Waals surface area (Å²) in [6, 6.07) is 25.4. The number of anilines is 1. The van der Waals surface area contributed by atoms with Crippen LogP contribution in [0.25, 0.3) is 39.5 Å². The lowest BCUT2D eigenvalue weighted by Crippen LogP contribution is -2.36. The molecular formula is C26H21N6O. The number of morpholine rings is 1. The molecule has 0 amide bonds. The fourth-order valence-electron chi connectivity index (χ4n) is 4.19. The Labute approximate surface area is 191 Å². The molecule has 1 aliphatic rings. The Morgan fingerprint density at radius 3 is 2.52 bits per heavy atom. The van der Waals surface area contributed by atoms with Gasteiger partial charge < -0.3 is 9.64 Å². The molecule has 0 aliphatic carbocycles. The highest BCUT2D eigenvalue weighted by Gasteiger charge is 2.17. The van der Waals surface area contributed by atoms with Crippen molar-refractivity contribution >= 4 is 16.9 Å². The number of benzene rings is 2. The molecule has 2 aromatic carbocycles. The third-order valence-electron chi connectivity index (χ3n) is 5.82. The number of ether oxygens (including phenoxy) is 1. The van der Waals surface area contributed by atoms with Gasteiger partial charge in [0.1, 0.15) is 11.3 Å². The quantitative estimate of drug-likeness (QED) is 0.424. The molecule has 0 spiro atoms. The van der Waals surface area contributed by atoms with Gasteiger partial charge in [-0.15, -0.1) is 0 Å². The van der Waals surface area contributed by atoms with Gasteiger partial charge in [-0.2, -0.15) is 10.2 Å². The van der Waals surface area contributed by atoms with E-state index in [4.69, 9.17) is 14.7 Å². The summed E-state index contributed by atoms with van der Waals surface area (Å²) in [5, 5.41) is 7.95. The molecule has 4 heterocycles. The Hall–Kier alpha value is -4.10. The predicted octanol–water partition coefficient (Wildman–Crippen LogP) is 4.18. The summed E-state index contributed by atoms with van der Waals surface area (Å²) in [4.78, 5) is 12.3.